The van der Waals surface area contributed by atoms with Gasteiger partial charge in [-0.25, -0.2) is 0 Å². The van der Waals surface area contributed by atoms with Crippen molar-refractivity contribution in [3.05, 3.63) is 22.4 Å². The van der Waals surface area contributed by atoms with Gasteiger partial charge in [0.2, 0.25) is 0 Å². The zero-order valence-electron chi connectivity index (χ0n) is 11.2. The molecule has 0 aromatic carbocycles. The average Bonchev–Trinajstić information content (AvgIpc) is 2.71. The van der Waals surface area contributed by atoms with Crippen LogP contribution in [0.4, 0.5) is 0 Å². The van der Waals surface area contributed by atoms with E-state index in [4.69, 9.17) is 0 Å². The third kappa shape index (κ3) is 2.97. The Morgan fingerprint density at radius 1 is 1.44 bits per heavy atom. The smallest absolute Gasteiger partial charge is 0.270 e. The largest absolute Gasteiger partial charge is 0.342 e. The number of halogens is 1. The first-order valence-corrected chi connectivity index (χ1v) is 7.56. The van der Waals surface area contributed by atoms with Crippen LogP contribution < -0.4 is 0 Å². The number of piperidine rings is 1. The molecule has 18 heavy (non-hydrogen) atoms. The summed E-state index contributed by atoms with van der Waals surface area (Å²) in [6, 6.07) is 1.94. The molecular weight excluding hydrogens is 292 g/mol. The lowest BCUT2D eigenvalue weighted by atomic mass is 9.99. The minimum Gasteiger partial charge on any atom is -0.342 e. The van der Waals surface area contributed by atoms with Gasteiger partial charge in [0, 0.05) is 30.3 Å². The van der Waals surface area contributed by atoms with Crippen molar-refractivity contribution < 1.29 is 4.79 Å². The molecule has 2 rings (SSSR count). The summed E-state index contributed by atoms with van der Waals surface area (Å²) in [5, 5.41) is 0. The zero-order valence-corrected chi connectivity index (χ0v) is 12.7. The molecule has 0 aliphatic carbocycles. The minimum absolute atomic E-state index is 0.182. The Bertz CT molecular complexity index is 419. The van der Waals surface area contributed by atoms with Crippen LogP contribution in [0.25, 0.3) is 0 Å². The van der Waals surface area contributed by atoms with Gasteiger partial charge in [0.25, 0.3) is 5.91 Å². The Balaban J connectivity index is 2.12. The molecule has 2 heterocycles. The summed E-state index contributed by atoms with van der Waals surface area (Å²) in [5.41, 5.74) is 0.818. The quantitative estimate of drug-likeness (QED) is 0.838. The number of carbonyl (C=O) groups is 1. The number of carbonyl (C=O) groups excluding carboxylic acids is 1. The van der Waals surface area contributed by atoms with Gasteiger partial charge < -0.3 is 9.47 Å². The molecular formula is C14H21BrN2O. The molecule has 1 amide bonds. The first-order valence-electron chi connectivity index (χ1n) is 6.76. The summed E-state index contributed by atoms with van der Waals surface area (Å²) >= 11 is 3.46. The Kier molecular flexibility index (Phi) is 4.49. The number of likely N-dealkylation sites (tertiary alicyclic amines) is 1. The van der Waals surface area contributed by atoms with Crippen molar-refractivity contribution in [1.29, 1.82) is 0 Å². The maximum absolute atomic E-state index is 12.5. The molecule has 1 aromatic rings. The van der Waals surface area contributed by atoms with Gasteiger partial charge in [0.15, 0.2) is 0 Å². The molecule has 100 valence electrons. The summed E-state index contributed by atoms with van der Waals surface area (Å²) in [5.74, 6) is 0.935. The minimum atomic E-state index is 0.182. The van der Waals surface area contributed by atoms with Gasteiger partial charge in [0.1, 0.15) is 5.69 Å². The molecule has 1 fully saturated rings. The second kappa shape index (κ2) is 5.91. The predicted octanol–water partition coefficient (Wildman–Crippen LogP) is 3.53. The van der Waals surface area contributed by atoms with E-state index in [1.54, 1.807) is 0 Å². The highest BCUT2D eigenvalue weighted by atomic mass is 79.9. The summed E-state index contributed by atoms with van der Waals surface area (Å²) < 4.78 is 3.05. The summed E-state index contributed by atoms with van der Waals surface area (Å²) in [6.07, 6.45) is 5.30. The Hall–Kier alpha value is -0.770. The number of aromatic nitrogens is 1. The van der Waals surface area contributed by atoms with Crippen LogP contribution in [0, 0.1) is 5.92 Å². The van der Waals surface area contributed by atoms with E-state index in [0.717, 1.165) is 55.0 Å². The number of aryl methyl sites for hydroxylation is 1. The molecule has 1 aliphatic rings. The number of amides is 1. The highest BCUT2D eigenvalue weighted by molar-refractivity contribution is 9.10. The molecule has 3 nitrogen and oxygen atoms in total. The van der Waals surface area contributed by atoms with Gasteiger partial charge in [-0.3, -0.25) is 4.79 Å². The molecule has 0 bridgehead atoms. The first kappa shape index (κ1) is 13.7. The van der Waals surface area contributed by atoms with Crippen LogP contribution in [0.3, 0.4) is 0 Å². The van der Waals surface area contributed by atoms with Gasteiger partial charge >= 0.3 is 0 Å². The molecule has 1 aromatic heterocycles. The fraction of sp³-hybridized carbons (Fsp3) is 0.643. The standard InChI is InChI=1S/C14H21BrN2O/c1-3-6-17-10-12(15)9-13(17)14(18)16-7-4-11(2)5-8-16/h9-11H,3-8H2,1-2H3. The monoisotopic (exact) mass is 312 g/mol. The van der Waals surface area contributed by atoms with Crippen LogP contribution in [-0.2, 0) is 6.54 Å². The van der Waals surface area contributed by atoms with Gasteiger partial charge in [-0.15, -0.1) is 0 Å². The zero-order chi connectivity index (χ0) is 13.1. The normalized spacial score (nSPS) is 17.2. The van der Waals surface area contributed by atoms with Crippen LogP contribution in [0.2, 0.25) is 0 Å². The van der Waals surface area contributed by atoms with Crippen LogP contribution in [0.5, 0.6) is 0 Å². The van der Waals surface area contributed by atoms with Gasteiger partial charge in [-0.2, -0.15) is 0 Å². The number of rotatable bonds is 3. The van der Waals surface area contributed by atoms with Gasteiger partial charge in [-0.1, -0.05) is 13.8 Å². The van der Waals surface area contributed by atoms with E-state index in [1.165, 1.54) is 0 Å². The molecule has 1 saturated heterocycles. The van der Waals surface area contributed by atoms with Crippen LogP contribution in [0.15, 0.2) is 16.7 Å². The lowest BCUT2D eigenvalue weighted by Gasteiger charge is -2.30. The molecule has 0 atom stereocenters. The van der Waals surface area contributed by atoms with Crippen molar-refractivity contribution in [3.8, 4) is 0 Å². The van der Waals surface area contributed by atoms with E-state index in [9.17, 15) is 4.79 Å². The van der Waals surface area contributed by atoms with E-state index in [2.05, 4.69) is 34.3 Å². The summed E-state index contributed by atoms with van der Waals surface area (Å²) in [6.45, 7) is 7.09. The SMILES string of the molecule is CCCn1cc(Br)cc1C(=O)N1CCC(C)CC1. The second-order valence-electron chi connectivity index (χ2n) is 5.21. The van der Waals surface area contributed by atoms with Crippen molar-refractivity contribution in [1.82, 2.24) is 9.47 Å². The van der Waals surface area contributed by atoms with Crippen LogP contribution in [0.1, 0.15) is 43.6 Å². The third-order valence-electron chi connectivity index (χ3n) is 3.62. The first-order chi connectivity index (χ1) is 8.61. The lowest BCUT2D eigenvalue weighted by Crippen LogP contribution is -2.38. The second-order valence-corrected chi connectivity index (χ2v) is 6.13. The molecule has 0 saturated carbocycles. The molecule has 0 unspecified atom stereocenters. The summed E-state index contributed by atoms with van der Waals surface area (Å²) in [7, 11) is 0. The van der Waals surface area contributed by atoms with Crippen molar-refractivity contribution in [3.63, 3.8) is 0 Å². The summed E-state index contributed by atoms with van der Waals surface area (Å²) in [4.78, 5) is 14.5. The molecule has 0 radical (unpaired) electrons. The molecule has 4 heteroatoms. The highest BCUT2D eigenvalue weighted by Gasteiger charge is 2.23. The van der Waals surface area contributed by atoms with Crippen molar-refractivity contribution >= 4 is 21.8 Å². The van der Waals surface area contributed by atoms with Gasteiger partial charge in [-0.05, 0) is 47.2 Å². The maximum atomic E-state index is 12.5. The molecule has 0 spiro atoms. The van der Waals surface area contributed by atoms with E-state index in [1.807, 2.05) is 17.2 Å². The molecule has 0 N–H and O–H groups in total. The predicted molar refractivity (Wildman–Crippen MR) is 76.7 cm³/mol. The number of hydrogen-bond acceptors (Lipinski definition) is 1. The average molecular weight is 313 g/mol. The number of hydrogen-bond donors (Lipinski definition) is 0. The Morgan fingerprint density at radius 2 is 2.11 bits per heavy atom. The number of nitrogens with zero attached hydrogens (tertiary/aromatic N) is 2. The highest BCUT2D eigenvalue weighted by Crippen LogP contribution is 2.21. The van der Waals surface area contributed by atoms with Crippen LogP contribution >= 0.6 is 15.9 Å². The van der Waals surface area contributed by atoms with Crippen LogP contribution in [-0.4, -0.2) is 28.5 Å². The maximum Gasteiger partial charge on any atom is 0.270 e. The fourth-order valence-corrected chi connectivity index (χ4v) is 2.92. The van der Waals surface area contributed by atoms with E-state index < -0.39 is 0 Å². The van der Waals surface area contributed by atoms with Crippen molar-refractivity contribution in [2.45, 2.75) is 39.7 Å². The lowest BCUT2D eigenvalue weighted by molar-refractivity contribution is 0.0686. The topological polar surface area (TPSA) is 25.2 Å². The van der Waals surface area contributed by atoms with Gasteiger partial charge in [0.05, 0.1) is 0 Å². The Morgan fingerprint density at radius 3 is 2.72 bits per heavy atom. The van der Waals surface area contributed by atoms with E-state index >= 15 is 0 Å². The third-order valence-corrected chi connectivity index (χ3v) is 4.05. The van der Waals surface area contributed by atoms with Crippen molar-refractivity contribution in [2.75, 3.05) is 13.1 Å². The molecule has 1 aliphatic heterocycles. The van der Waals surface area contributed by atoms with E-state index in [-0.39, 0.29) is 5.91 Å². The fourth-order valence-electron chi connectivity index (χ4n) is 2.45. The van der Waals surface area contributed by atoms with Crippen molar-refractivity contribution in [2.24, 2.45) is 5.92 Å². The van der Waals surface area contributed by atoms with E-state index in [0.29, 0.717) is 0 Å². The Labute approximate surface area is 117 Å².